The number of carbonyl (C=O) groups excluding carboxylic acids is 1. The largest absolute Gasteiger partial charge is 0.481 e. The van der Waals surface area contributed by atoms with Crippen LogP contribution in [-0.4, -0.2) is 55.9 Å². The number of nitrogens with one attached hydrogen (secondary N) is 3. The molecule has 2 unspecified atom stereocenters. The number of aromatic nitrogens is 2. The van der Waals surface area contributed by atoms with Gasteiger partial charge in [-0.05, 0) is 43.5 Å². The molecule has 10 heteroatoms. The number of benzene rings is 1. The van der Waals surface area contributed by atoms with E-state index in [4.69, 9.17) is 5.11 Å². The summed E-state index contributed by atoms with van der Waals surface area (Å²) in [6.07, 6.45) is 0.136. The first-order chi connectivity index (χ1) is 16.7. The van der Waals surface area contributed by atoms with Gasteiger partial charge in [-0.3, -0.25) is 14.4 Å². The molecule has 4 rings (SSSR count). The lowest BCUT2D eigenvalue weighted by Crippen LogP contribution is -2.37. The smallest absolute Gasteiger partial charge is 0.305 e. The van der Waals surface area contributed by atoms with E-state index in [1.165, 1.54) is 6.07 Å². The highest BCUT2D eigenvalue weighted by molar-refractivity contribution is 5.98. The standard InChI is InChI=1S/C25H26FN3O6/c26-19-2-1-3-20-17(19)12-18(25(35)29-20)22-8-13-4-5-14(9-21(13)28-22)24(34)27-7-6-15(30)10-16(31)11-23(32)33/h3-5,8-9,12,15-16,28,30-31H,1-2,6-7,10-11H2,(H,27,34)(H,29,35)(H,32,33). The van der Waals surface area contributed by atoms with Crippen molar-refractivity contribution in [1.29, 1.82) is 0 Å². The summed E-state index contributed by atoms with van der Waals surface area (Å²) in [5.74, 6) is -1.79. The zero-order valence-electron chi connectivity index (χ0n) is 18.8. The van der Waals surface area contributed by atoms with E-state index in [9.17, 15) is 29.0 Å². The minimum atomic E-state index is -1.16. The van der Waals surface area contributed by atoms with Crippen molar-refractivity contribution in [3.8, 4) is 11.3 Å². The van der Waals surface area contributed by atoms with E-state index in [0.717, 1.165) is 5.39 Å². The Hall–Kier alpha value is -3.76. The van der Waals surface area contributed by atoms with E-state index in [1.807, 2.05) is 0 Å². The van der Waals surface area contributed by atoms with Crippen LogP contribution in [0.3, 0.4) is 0 Å². The summed E-state index contributed by atoms with van der Waals surface area (Å²) in [5, 5.41) is 32.5. The van der Waals surface area contributed by atoms with Crippen LogP contribution in [0, 0.1) is 0 Å². The number of pyridine rings is 1. The number of hydrogen-bond donors (Lipinski definition) is 6. The molecule has 9 nitrogen and oxygen atoms in total. The number of amides is 1. The molecule has 6 N–H and O–H groups in total. The molecule has 2 atom stereocenters. The maximum atomic E-state index is 14.3. The maximum absolute atomic E-state index is 14.3. The summed E-state index contributed by atoms with van der Waals surface area (Å²) in [6, 6.07) is 8.29. The molecule has 0 fully saturated rings. The molecule has 2 heterocycles. The van der Waals surface area contributed by atoms with Crippen LogP contribution in [0.1, 0.15) is 42.5 Å². The van der Waals surface area contributed by atoms with E-state index in [2.05, 4.69) is 15.3 Å². The number of carboxylic acids is 1. The molecule has 35 heavy (non-hydrogen) atoms. The molecular weight excluding hydrogens is 457 g/mol. The minimum absolute atomic E-state index is 0.0963. The third kappa shape index (κ3) is 5.67. The normalized spacial score (nSPS) is 14.8. The van der Waals surface area contributed by atoms with Gasteiger partial charge in [-0.1, -0.05) is 12.1 Å². The fourth-order valence-electron chi connectivity index (χ4n) is 4.19. The van der Waals surface area contributed by atoms with Crippen LogP contribution < -0.4 is 21.4 Å². The van der Waals surface area contributed by atoms with Crippen molar-refractivity contribution in [2.24, 2.45) is 0 Å². The molecule has 0 aliphatic heterocycles. The van der Waals surface area contributed by atoms with Crippen molar-refractivity contribution < 1.29 is 29.3 Å². The second kappa shape index (κ2) is 10.2. The number of H-pyrrole nitrogens is 2. The van der Waals surface area contributed by atoms with E-state index < -0.39 is 24.6 Å². The predicted molar refractivity (Wildman–Crippen MR) is 128 cm³/mol. The molecule has 1 amide bonds. The summed E-state index contributed by atoms with van der Waals surface area (Å²) in [6.45, 7) is 0.136. The molecule has 1 aliphatic rings. The van der Waals surface area contributed by atoms with E-state index >= 15 is 0 Å². The first kappa shape index (κ1) is 24.4. The highest BCUT2D eigenvalue weighted by atomic mass is 19.1. The lowest BCUT2D eigenvalue weighted by molar-refractivity contribution is -0.139. The fraction of sp³-hybridized carbons (Fsp3) is 0.320. The molecule has 1 aliphatic carbocycles. The number of aromatic amines is 2. The number of hydrogen-bond acceptors (Lipinski definition) is 5. The average Bonchev–Trinajstić information content (AvgIpc) is 3.21. The third-order valence-corrected chi connectivity index (χ3v) is 5.97. The Bertz CT molecular complexity index is 1460. The third-order valence-electron chi connectivity index (χ3n) is 5.97. The molecular formula is C25H26FN3O6. The number of aliphatic hydroxyl groups is 2. The Morgan fingerprint density at radius 2 is 1.91 bits per heavy atom. The summed E-state index contributed by atoms with van der Waals surface area (Å²) >= 11 is 0. The van der Waals surface area contributed by atoms with Crippen molar-refractivity contribution in [3.05, 3.63) is 56.8 Å². The number of carbonyl (C=O) groups is 2. The molecule has 1 aromatic carbocycles. The van der Waals surface area contributed by atoms with E-state index in [1.54, 1.807) is 30.3 Å². The van der Waals surface area contributed by atoms with Crippen molar-refractivity contribution in [2.75, 3.05) is 6.54 Å². The lowest BCUT2D eigenvalue weighted by Gasteiger charge is -2.14. The van der Waals surface area contributed by atoms with Crippen LogP contribution in [0.5, 0.6) is 0 Å². The summed E-state index contributed by atoms with van der Waals surface area (Å²) in [5.41, 5.74) is 1.45. The zero-order valence-corrected chi connectivity index (χ0v) is 18.8. The van der Waals surface area contributed by atoms with Gasteiger partial charge in [0.25, 0.3) is 11.5 Å². The molecule has 0 spiro atoms. The van der Waals surface area contributed by atoms with Gasteiger partial charge in [0, 0.05) is 40.0 Å². The Labute approximate surface area is 198 Å². The molecule has 2 aromatic heterocycles. The quantitative estimate of drug-likeness (QED) is 0.265. The van der Waals surface area contributed by atoms with Crippen LogP contribution in [0.4, 0.5) is 4.39 Å². The van der Waals surface area contributed by atoms with Gasteiger partial charge >= 0.3 is 5.97 Å². The van der Waals surface area contributed by atoms with Crippen LogP contribution in [-0.2, 0) is 4.79 Å². The number of rotatable bonds is 9. The van der Waals surface area contributed by atoms with Gasteiger partial charge < -0.3 is 30.6 Å². The SMILES string of the molecule is O=C(O)CC(O)CC(O)CCNC(=O)c1ccc2cc(-c3cc4c([nH]c3=O)=CCCC=4F)[nH]c2c1. The van der Waals surface area contributed by atoms with Gasteiger partial charge in [0.2, 0.25) is 0 Å². The van der Waals surface area contributed by atoms with Crippen LogP contribution >= 0.6 is 0 Å². The van der Waals surface area contributed by atoms with Crippen LogP contribution in [0.2, 0.25) is 0 Å². The topological polar surface area (TPSA) is 156 Å². The van der Waals surface area contributed by atoms with Crippen molar-refractivity contribution in [3.63, 3.8) is 0 Å². The first-order valence-electron chi connectivity index (χ1n) is 11.3. The van der Waals surface area contributed by atoms with E-state index in [0.29, 0.717) is 45.7 Å². The molecule has 184 valence electrons. The minimum Gasteiger partial charge on any atom is -0.481 e. The number of aliphatic hydroxyl groups excluding tert-OH is 2. The zero-order chi connectivity index (χ0) is 25.1. The molecule has 0 saturated heterocycles. The van der Waals surface area contributed by atoms with E-state index in [-0.39, 0.29) is 36.7 Å². The van der Waals surface area contributed by atoms with Gasteiger partial charge in [0.15, 0.2) is 0 Å². The maximum Gasteiger partial charge on any atom is 0.305 e. The summed E-state index contributed by atoms with van der Waals surface area (Å²) in [4.78, 5) is 41.5. The van der Waals surface area contributed by atoms with Gasteiger partial charge in [0.1, 0.15) is 5.83 Å². The van der Waals surface area contributed by atoms with Gasteiger partial charge in [-0.25, -0.2) is 4.39 Å². The highest BCUT2D eigenvalue weighted by Gasteiger charge is 2.16. The van der Waals surface area contributed by atoms with Crippen molar-refractivity contribution in [2.45, 2.75) is 44.3 Å². The Balaban J connectivity index is 1.46. The van der Waals surface area contributed by atoms with Gasteiger partial charge in [-0.15, -0.1) is 0 Å². The Kier molecular flexibility index (Phi) is 7.13. The number of carboxylic acid groups (broad SMARTS) is 1. The van der Waals surface area contributed by atoms with Crippen LogP contribution in [0.25, 0.3) is 34.1 Å². The molecule has 0 bridgehead atoms. The fourth-order valence-corrected chi connectivity index (χ4v) is 4.19. The predicted octanol–water partition coefficient (Wildman–Crippen LogP) is 0.882. The first-order valence-corrected chi connectivity index (χ1v) is 11.3. The van der Waals surface area contributed by atoms with Gasteiger partial charge in [0.05, 0.1) is 29.9 Å². The second-order valence-electron chi connectivity index (χ2n) is 8.66. The number of fused-ring (bicyclic) bond motifs is 2. The van der Waals surface area contributed by atoms with Crippen molar-refractivity contribution >= 4 is 34.7 Å². The van der Waals surface area contributed by atoms with Gasteiger partial charge in [-0.2, -0.15) is 0 Å². The average molecular weight is 483 g/mol. The van der Waals surface area contributed by atoms with Crippen molar-refractivity contribution in [1.82, 2.24) is 15.3 Å². The molecule has 0 radical (unpaired) electrons. The van der Waals surface area contributed by atoms with Crippen LogP contribution in [0.15, 0.2) is 35.1 Å². The Morgan fingerprint density at radius 3 is 2.69 bits per heavy atom. The summed E-state index contributed by atoms with van der Waals surface area (Å²) in [7, 11) is 0. The highest BCUT2D eigenvalue weighted by Crippen LogP contribution is 2.23. The second-order valence-corrected chi connectivity index (χ2v) is 8.66. The number of aliphatic carboxylic acids is 1. The summed E-state index contributed by atoms with van der Waals surface area (Å²) < 4.78 is 14.3. The molecule has 0 saturated carbocycles. The molecule has 3 aromatic rings. The number of halogens is 1. The Morgan fingerprint density at radius 1 is 1.11 bits per heavy atom. The monoisotopic (exact) mass is 483 g/mol. The lowest BCUT2D eigenvalue weighted by atomic mass is 10.1.